The van der Waals surface area contributed by atoms with Gasteiger partial charge >= 0.3 is 0 Å². The van der Waals surface area contributed by atoms with Crippen molar-refractivity contribution in [3.05, 3.63) is 62.3 Å². The molecule has 0 unspecified atom stereocenters. The van der Waals surface area contributed by atoms with Crippen molar-refractivity contribution in [3.63, 3.8) is 0 Å². The van der Waals surface area contributed by atoms with Gasteiger partial charge in [0.2, 0.25) is 0 Å². The molecule has 0 aromatic heterocycles. The third kappa shape index (κ3) is 3.42. The molecule has 0 aliphatic carbocycles. The number of carbonyl (C=O) groups is 1. The molecule has 2 rings (SSSR count). The van der Waals surface area contributed by atoms with Crippen molar-refractivity contribution in [1.29, 1.82) is 0 Å². The summed E-state index contributed by atoms with van der Waals surface area (Å²) >= 11 is 6.49. The summed E-state index contributed by atoms with van der Waals surface area (Å²) in [5.74, 6) is -1.02. The summed E-state index contributed by atoms with van der Waals surface area (Å²) < 4.78 is 15.1. The predicted octanol–water partition coefficient (Wildman–Crippen LogP) is 4.91. The third-order valence-corrected chi connectivity index (χ3v) is 3.61. The number of amides is 1. The number of hydrogen-bond acceptors (Lipinski definition) is 1. The Hall–Kier alpha value is -1.20. The number of anilines is 1. The minimum absolute atomic E-state index is 0.0163. The van der Waals surface area contributed by atoms with E-state index in [0.29, 0.717) is 10.2 Å². The highest BCUT2D eigenvalue weighted by Crippen LogP contribution is 2.22. The van der Waals surface area contributed by atoms with Crippen LogP contribution in [0, 0.1) is 12.7 Å². The van der Waals surface area contributed by atoms with E-state index in [1.54, 1.807) is 12.1 Å². The third-order valence-electron chi connectivity index (χ3n) is 2.62. The largest absolute Gasteiger partial charge is 0.322 e. The molecule has 98 valence electrons. The summed E-state index contributed by atoms with van der Waals surface area (Å²) in [5.41, 5.74) is 1.58. The van der Waals surface area contributed by atoms with E-state index in [2.05, 4.69) is 37.2 Å². The van der Waals surface area contributed by atoms with Gasteiger partial charge in [0.25, 0.3) is 5.91 Å². The highest BCUT2D eigenvalue weighted by atomic mass is 79.9. The molecule has 0 spiro atoms. The van der Waals surface area contributed by atoms with E-state index in [4.69, 9.17) is 0 Å². The summed E-state index contributed by atoms with van der Waals surface area (Å²) in [6.07, 6.45) is 0. The minimum atomic E-state index is -0.556. The SMILES string of the molecule is Cc1ccc(Br)cc1NC(=O)c1ccc(Br)cc1F. The van der Waals surface area contributed by atoms with Crippen LogP contribution in [0.5, 0.6) is 0 Å². The number of halogens is 3. The van der Waals surface area contributed by atoms with Crippen LogP contribution in [0.4, 0.5) is 10.1 Å². The Labute approximate surface area is 127 Å². The molecule has 0 radical (unpaired) electrons. The predicted molar refractivity (Wildman–Crippen MR) is 80.9 cm³/mol. The van der Waals surface area contributed by atoms with E-state index in [1.165, 1.54) is 12.1 Å². The lowest BCUT2D eigenvalue weighted by atomic mass is 10.1. The van der Waals surface area contributed by atoms with Crippen LogP contribution in [0.15, 0.2) is 45.3 Å². The van der Waals surface area contributed by atoms with Gasteiger partial charge in [-0.05, 0) is 42.8 Å². The van der Waals surface area contributed by atoms with E-state index in [1.807, 2.05) is 19.1 Å². The van der Waals surface area contributed by atoms with Gasteiger partial charge in [-0.2, -0.15) is 0 Å². The Kier molecular flexibility index (Phi) is 4.37. The summed E-state index contributed by atoms with van der Waals surface area (Å²) in [5, 5.41) is 2.70. The normalized spacial score (nSPS) is 10.3. The number of rotatable bonds is 2. The van der Waals surface area contributed by atoms with Gasteiger partial charge in [-0.15, -0.1) is 0 Å². The van der Waals surface area contributed by atoms with Crippen molar-refractivity contribution in [3.8, 4) is 0 Å². The highest BCUT2D eigenvalue weighted by Gasteiger charge is 2.13. The average molecular weight is 387 g/mol. The quantitative estimate of drug-likeness (QED) is 0.780. The summed E-state index contributed by atoms with van der Waals surface area (Å²) in [7, 11) is 0. The van der Waals surface area contributed by atoms with Crippen molar-refractivity contribution < 1.29 is 9.18 Å². The van der Waals surface area contributed by atoms with Crippen molar-refractivity contribution in [1.82, 2.24) is 0 Å². The van der Waals surface area contributed by atoms with Crippen molar-refractivity contribution in [2.75, 3.05) is 5.32 Å². The highest BCUT2D eigenvalue weighted by molar-refractivity contribution is 9.10. The van der Waals surface area contributed by atoms with Gasteiger partial charge in [0, 0.05) is 14.6 Å². The Morgan fingerprint density at radius 2 is 1.74 bits per heavy atom. The van der Waals surface area contributed by atoms with Gasteiger partial charge in [-0.1, -0.05) is 37.9 Å². The standard InChI is InChI=1S/C14H10Br2FNO/c1-8-2-3-10(16)7-13(8)18-14(19)11-5-4-9(15)6-12(11)17/h2-7H,1H3,(H,18,19). The molecule has 0 bridgehead atoms. The molecule has 0 saturated carbocycles. The van der Waals surface area contributed by atoms with E-state index in [-0.39, 0.29) is 5.56 Å². The maximum Gasteiger partial charge on any atom is 0.258 e. The Balaban J connectivity index is 2.28. The second-order valence-electron chi connectivity index (χ2n) is 4.04. The van der Waals surface area contributed by atoms with Crippen LogP contribution in [0.3, 0.4) is 0 Å². The van der Waals surface area contributed by atoms with Crippen molar-refractivity contribution in [2.24, 2.45) is 0 Å². The minimum Gasteiger partial charge on any atom is -0.322 e. The molecule has 0 aliphatic heterocycles. The average Bonchev–Trinajstić information content (AvgIpc) is 2.33. The lowest BCUT2D eigenvalue weighted by Crippen LogP contribution is -2.14. The Bertz CT molecular complexity index is 643. The van der Waals surface area contributed by atoms with Gasteiger partial charge in [-0.3, -0.25) is 4.79 Å². The Morgan fingerprint density at radius 1 is 1.11 bits per heavy atom. The molecule has 5 heteroatoms. The summed E-state index contributed by atoms with van der Waals surface area (Å²) in [6, 6.07) is 9.88. The van der Waals surface area contributed by atoms with Crippen LogP contribution < -0.4 is 5.32 Å². The first-order chi connectivity index (χ1) is 8.97. The molecule has 1 amide bonds. The van der Waals surface area contributed by atoms with E-state index in [0.717, 1.165) is 10.0 Å². The van der Waals surface area contributed by atoms with Gasteiger partial charge < -0.3 is 5.32 Å². The smallest absolute Gasteiger partial charge is 0.258 e. The van der Waals surface area contributed by atoms with Crippen molar-refractivity contribution >= 4 is 43.5 Å². The molecule has 0 heterocycles. The zero-order chi connectivity index (χ0) is 14.0. The number of nitrogens with one attached hydrogen (secondary N) is 1. The Morgan fingerprint density at radius 3 is 2.42 bits per heavy atom. The van der Waals surface area contributed by atoms with Gasteiger partial charge in [-0.25, -0.2) is 4.39 Å². The second kappa shape index (κ2) is 5.84. The molecule has 0 atom stereocenters. The number of aryl methyl sites for hydroxylation is 1. The second-order valence-corrected chi connectivity index (χ2v) is 5.87. The first-order valence-electron chi connectivity index (χ1n) is 5.50. The molecule has 2 aromatic carbocycles. The lowest BCUT2D eigenvalue weighted by molar-refractivity contribution is 0.102. The first kappa shape index (κ1) is 14.2. The summed E-state index contributed by atoms with van der Waals surface area (Å²) in [4.78, 5) is 12.0. The maximum absolute atomic E-state index is 13.7. The molecule has 0 fully saturated rings. The van der Waals surface area contributed by atoms with Crippen LogP contribution in [0.25, 0.3) is 0 Å². The monoisotopic (exact) mass is 385 g/mol. The van der Waals surface area contributed by atoms with Gasteiger partial charge in [0.15, 0.2) is 0 Å². The van der Waals surface area contributed by atoms with Gasteiger partial charge in [0.05, 0.1) is 5.56 Å². The molecule has 2 nitrogen and oxygen atoms in total. The number of benzene rings is 2. The van der Waals surface area contributed by atoms with E-state index < -0.39 is 11.7 Å². The number of hydrogen-bond donors (Lipinski definition) is 1. The molecular formula is C14H10Br2FNO. The zero-order valence-electron chi connectivity index (χ0n) is 10.0. The molecule has 19 heavy (non-hydrogen) atoms. The summed E-state index contributed by atoms with van der Waals surface area (Å²) in [6.45, 7) is 1.87. The fraction of sp³-hybridized carbons (Fsp3) is 0.0714. The number of carbonyl (C=O) groups excluding carboxylic acids is 1. The van der Waals surface area contributed by atoms with E-state index >= 15 is 0 Å². The lowest BCUT2D eigenvalue weighted by Gasteiger charge is -2.09. The maximum atomic E-state index is 13.7. The van der Waals surface area contributed by atoms with Crippen LogP contribution in [0.2, 0.25) is 0 Å². The topological polar surface area (TPSA) is 29.1 Å². The van der Waals surface area contributed by atoms with Crippen LogP contribution in [-0.4, -0.2) is 5.91 Å². The fourth-order valence-electron chi connectivity index (χ4n) is 1.59. The molecule has 1 N–H and O–H groups in total. The van der Waals surface area contributed by atoms with Crippen molar-refractivity contribution in [2.45, 2.75) is 6.92 Å². The zero-order valence-corrected chi connectivity index (χ0v) is 13.2. The molecule has 0 saturated heterocycles. The van der Waals surface area contributed by atoms with Gasteiger partial charge in [0.1, 0.15) is 5.82 Å². The van der Waals surface area contributed by atoms with Crippen LogP contribution in [0.1, 0.15) is 15.9 Å². The van der Waals surface area contributed by atoms with Crippen LogP contribution in [-0.2, 0) is 0 Å². The molecule has 2 aromatic rings. The molecule has 0 aliphatic rings. The fourth-order valence-corrected chi connectivity index (χ4v) is 2.29. The first-order valence-corrected chi connectivity index (χ1v) is 7.08. The van der Waals surface area contributed by atoms with E-state index in [9.17, 15) is 9.18 Å². The van der Waals surface area contributed by atoms with Crippen LogP contribution >= 0.6 is 31.9 Å². The molecular weight excluding hydrogens is 377 g/mol.